The summed E-state index contributed by atoms with van der Waals surface area (Å²) in [7, 11) is 1.33. The highest BCUT2D eigenvalue weighted by atomic mass is 16.5. The van der Waals surface area contributed by atoms with Gasteiger partial charge >= 0.3 is 5.97 Å². The van der Waals surface area contributed by atoms with Gasteiger partial charge < -0.3 is 4.74 Å². The van der Waals surface area contributed by atoms with Crippen LogP contribution >= 0.6 is 0 Å². The second-order valence-corrected chi connectivity index (χ2v) is 6.40. The molecule has 1 aromatic rings. The van der Waals surface area contributed by atoms with Gasteiger partial charge in [0.2, 0.25) is 0 Å². The maximum atomic E-state index is 12.2. The van der Waals surface area contributed by atoms with Crippen molar-refractivity contribution in [2.45, 2.75) is 33.1 Å². The minimum Gasteiger partial charge on any atom is -0.465 e. The molecular weight excluding hydrogens is 268 g/mol. The number of carbonyl (C=O) groups excluding carboxylic acids is 3. The normalized spacial score (nSPS) is 18.6. The highest BCUT2D eigenvalue weighted by molar-refractivity contribution is 6.05. The van der Waals surface area contributed by atoms with Crippen molar-refractivity contribution in [3.63, 3.8) is 0 Å². The molecule has 2 rings (SSSR count). The van der Waals surface area contributed by atoms with Gasteiger partial charge in [0, 0.05) is 12.8 Å². The summed E-state index contributed by atoms with van der Waals surface area (Å²) in [5.74, 6) is -0.892. The average Bonchev–Trinajstić information content (AvgIpc) is 2.41. The maximum Gasteiger partial charge on any atom is 0.337 e. The predicted octanol–water partition coefficient (Wildman–Crippen LogP) is 2.59. The molecule has 0 radical (unpaired) electrons. The SMILES string of the molecule is COC(=O)c1ccc(CC2C(=O)CC(C)(C)CC2=O)cc1. The summed E-state index contributed by atoms with van der Waals surface area (Å²) in [4.78, 5) is 35.7. The van der Waals surface area contributed by atoms with Gasteiger partial charge in [-0.15, -0.1) is 0 Å². The van der Waals surface area contributed by atoms with Crippen LogP contribution in [0.4, 0.5) is 0 Å². The zero-order chi connectivity index (χ0) is 15.6. The van der Waals surface area contributed by atoms with E-state index in [-0.39, 0.29) is 17.0 Å². The Balaban J connectivity index is 2.09. The number of methoxy groups -OCH3 is 1. The summed E-state index contributed by atoms with van der Waals surface area (Å²) in [5, 5.41) is 0. The summed E-state index contributed by atoms with van der Waals surface area (Å²) in [5.41, 5.74) is 1.12. The standard InChI is InChI=1S/C17H20O4/c1-17(2)9-14(18)13(15(19)10-17)8-11-4-6-12(7-5-11)16(20)21-3/h4-7,13H,8-10H2,1-3H3. The van der Waals surface area contributed by atoms with E-state index in [1.54, 1.807) is 24.3 Å². The van der Waals surface area contributed by atoms with Crippen molar-refractivity contribution in [2.75, 3.05) is 7.11 Å². The smallest absolute Gasteiger partial charge is 0.337 e. The average molecular weight is 288 g/mol. The van der Waals surface area contributed by atoms with Gasteiger partial charge in [-0.2, -0.15) is 0 Å². The fraction of sp³-hybridized carbons (Fsp3) is 0.471. The summed E-state index contributed by atoms with van der Waals surface area (Å²) in [6, 6.07) is 6.85. The molecule has 0 amide bonds. The van der Waals surface area contributed by atoms with E-state index in [0.29, 0.717) is 24.8 Å². The van der Waals surface area contributed by atoms with Crippen LogP contribution in [0.15, 0.2) is 24.3 Å². The van der Waals surface area contributed by atoms with Crippen molar-refractivity contribution >= 4 is 17.5 Å². The van der Waals surface area contributed by atoms with Gasteiger partial charge in [-0.1, -0.05) is 26.0 Å². The number of rotatable bonds is 3. The molecule has 0 heterocycles. The fourth-order valence-corrected chi connectivity index (χ4v) is 2.79. The summed E-state index contributed by atoms with van der Waals surface area (Å²) >= 11 is 0. The van der Waals surface area contributed by atoms with Crippen LogP contribution in [-0.4, -0.2) is 24.6 Å². The van der Waals surface area contributed by atoms with Crippen LogP contribution in [0, 0.1) is 11.3 Å². The van der Waals surface area contributed by atoms with Crippen molar-refractivity contribution in [3.8, 4) is 0 Å². The second kappa shape index (κ2) is 5.80. The number of benzene rings is 1. The summed E-state index contributed by atoms with van der Waals surface area (Å²) < 4.78 is 4.64. The third-order valence-corrected chi connectivity index (χ3v) is 3.90. The van der Waals surface area contributed by atoms with Gasteiger partial charge in [0.25, 0.3) is 0 Å². The minimum atomic E-state index is -0.540. The van der Waals surface area contributed by atoms with Crippen molar-refractivity contribution in [2.24, 2.45) is 11.3 Å². The molecule has 1 aromatic carbocycles. The molecule has 1 saturated carbocycles. The van der Waals surface area contributed by atoms with Gasteiger partial charge in [-0.25, -0.2) is 4.79 Å². The molecule has 21 heavy (non-hydrogen) atoms. The van der Waals surface area contributed by atoms with Gasteiger partial charge in [-0.05, 0) is 29.5 Å². The van der Waals surface area contributed by atoms with Crippen molar-refractivity contribution < 1.29 is 19.1 Å². The summed E-state index contributed by atoms with van der Waals surface area (Å²) in [6.07, 6.45) is 1.31. The molecule has 112 valence electrons. The lowest BCUT2D eigenvalue weighted by atomic mass is 9.70. The maximum absolute atomic E-state index is 12.2. The zero-order valence-corrected chi connectivity index (χ0v) is 12.6. The van der Waals surface area contributed by atoms with Gasteiger partial charge in [0.1, 0.15) is 11.6 Å². The fourth-order valence-electron chi connectivity index (χ4n) is 2.79. The summed E-state index contributed by atoms with van der Waals surface area (Å²) in [6.45, 7) is 3.90. The minimum absolute atomic E-state index is 0.0216. The number of ketones is 2. The molecule has 0 atom stereocenters. The van der Waals surface area contributed by atoms with Crippen molar-refractivity contribution in [1.29, 1.82) is 0 Å². The molecule has 1 fully saturated rings. The van der Waals surface area contributed by atoms with E-state index in [2.05, 4.69) is 4.74 Å². The molecule has 4 nitrogen and oxygen atoms in total. The number of hydrogen-bond acceptors (Lipinski definition) is 4. The highest BCUT2D eigenvalue weighted by Crippen LogP contribution is 2.35. The molecule has 0 bridgehead atoms. The monoisotopic (exact) mass is 288 g/mol. The van der Waals surface area contributed by atoms with Crippen LogP contribution in [0.1, 0.15) is 42.6 Å². The lowest BCUT2D eigenvalue weighted by molar-refractivity contribution is -0.139. The van der Waals surface area contributed by atoms with E-state index in [0.717, 1.165) is 5.56 Å². The number of esters is 1. The Hall–Kier alpha value is -1.97. The van der Waals surface area contributed by atoms with E-state index >= 15 is 0 Å². The first-order chi connectivity index (χ1) is 9.82. The molecule has 0 aromatic heterocycles. The first kappa shape index (κ1) is 15.4. The van der Waals surface area contributed by atoms with Crippen LogP contribution in [-0.2, 0) is 20.7 Å². The largest absolute Gasteiger partial charge is 0.465 e. The Labute approximate surface area is 124 Å². The van der Waals surface area contributed by atoms with Gasteiger partial charge in [-0.3, -0.25) is 9.59 Å². The molecule has 1 aliphatic carbocycles. The van der Waals surface area contributed by atoms with Crippen LogP contribution in [0.2, 0.25) is 0 Å². The first-order valence-corrected chi connectivity index (χ1v) is 7.05. The van der Waals surface area contributed by atoms with E-state index in [9.17, 15) is 14.4 Å². The number of ether oxygens (including phenoxy) is 1. The third-order valence-electron chi connectivity index (χ3n) is 3.90. The molecule has 4 heteroatoms. The topological polar surface area (TPSA) is 60.4 Å². The first-order valence-electron chi connectivity index (χ1n) is 7.05. The van der Waals surface area contributed by atoms with Crippen molar-refractivity contribution in [3.05, 3.63) is 35.4 Å². The molecule has 0 aliphatic heterocycles. The van der Waals surface area contributed by atoms with Gasteiger partial charge in [0.05, 0.1) is 18.6 Å². The van der Waals surface area contributed by atoms with Crippen LogP contribution in [0.25, 0.3) is 0 Å². The molecule has 0 saturated heterocycles. The van der Waals surface area contributed by atoms with Crippen LogP contribution in [0.3, 0.4) is 0 Å². The molecular formula is C17H20O4. The predicted molar refractivity (Wildman–Crippen MR) is 78.0 cm³/mol. The molecule has 0 N–H and O–H groups in total. The zero-order valence-electron chi connectivity index (χ0n) is 12.6. The number of carbonyl (C=O) groups is 3. The molecule has 0 unspecified atom stereocenters. The van der Waals surface area contributed by atoms with E-state index in [4.69, 9.17) is 0 Å². The Morgan fingerprint density at radius 3 is 2.14 bits per heavy atom. The van der Waals surface area contributed by atoms with E-state index in [1.165, 1.54) is 7.11 Å². The second-order valence-electron chi connectivity index (χ2n) is 6.40. The molecule has 1 aliphatic rings. The highest BCUT2D eigenvalue weighted by Gasteiger charge is 2.39. The Morgan fingerprint density at radius 2 is 1.67 bits per heavy atom. The number of hydrogen-bond donors (Lipinski definition) is 0. The van der Waals surface area contributed by atoms with Crippen LogP contribution < -0.4 is 0 Å². The van der Waals surface area contributed by atoms with Crippen LogP contribution in [0.5, 0.6) is 0 Å². The lowest BCUT2D eigenvalue weighted by Gasteiger charge is -2.32. The quantitative estimate of drug-likeness (QED) is 0.633. The molecule has 0 spiro atoms. The number of Topliss-reactive ketones (excluding diaryl/α,β-unsaturated/α-hetero) is 2. The van der Waals surface area contributed by atoms with Gasteiger partial charge in [0.15, 0.2) is 0 Å². The van der Waals surface area contributed by atoms with E-state index in [1.807, 2.05) is 13.8 Å². The van der Waals surface area contributed by atoms with E-state index < -0.39 is 11.9 Å². The Kier molecular flexibility index (Phi) is 4.26. The Bertz CT molecular complexity index is 549. The third kappa shape index (κ3) is 3.57. The Morgan fingerprint density at radius 1 is 1.14 bits per heavy atom. The lowest BCUT2D eigenvalue weighted by Crippen LogP contribution is -2.38. The van der Waals surface area contributed by atoms with Crippen molar-refractivity contribution in [1.82, 2.24) is 0 Å².